The number of nitrogens with zero attached hydrogens (tertiary/aromatic N) is 1. The van der Waals surface area contributed by atoms with Crippen LogP contribution in [0.1, 0.15) is 36.3 Å². The number of carboxylic acid groups (broad SMARTS) is 1. The van der Waals surface area contributed by atoms with E-state index in [-0.39, 0.29) is 11.4 Å². The van der Waals surface area contributed by atoms with Gasteiger partial charge < -0.3 is 20.3 Å². The number of anilines is 3. The molecular weight excluding hydrogens is 460 g/mol. The van der Waals surface area contributed by atoms with Gasteiger partial charge in [0.25, 0.3) is 0 Å². The Morgan fingerprint density at radius 2 is 1.79 bits per heavy atom. The summed E-state index contributed by atoms with van der Waals surface area (Å²) < 4.78 is 5.23. The lowest BCUT2D eigenvalue weighted by molar-refractivity contribution is -0.115. The summed E-state index contributed by atoms with van der Waals surface area (Å²) in [7, 11) is 0. The van der Waals surface area contributed by atoms with Crippen LogP contribution in [0.4, 0.5) is 21.9 Å². The number of halogens is 1. The minimum atomic E-state index is -1.30. The van der Waals surface area contributed by atoms with Gasteiger partial charge in [-0.05, 0) is 31.0 Å². The summed E-state index contributed by atoms with van der Waals surface area (Å²) in [5, 5.41) is 21.3. The quantitative estimate of drug-likeness (QED) is 0.227. The Morgan fingerprint density at radius 1 is 1.06 bits per heavy atom. The van der Waals surface area contributed by atoms with Gasteiger partial charge in [0, 0.05) is 23.7 Å². The lowest BCUT2D eigenvalue weighted by atomic mass is 10.0. The Hall–Kier alpha value is -3.85. The topological polar surface area (TPSA) is 134 Å². The Kier molecular flexibility index (Phi) is 7.91. The molecule has 0 saturated carbocycles. The molecule has 0 bridgehead atoms. The number of benzene rings is 2. The molecule has 4 N–H and O–H groups in total. The largest absolute Gasteiger partial charge is 0.465 e. The summed E-state index contributed by atoms with van der Waals surface area (Å²) >= 11 is 6.31. The number of rotatable bonds is 9. The van der Waals surface area contributed by atoms with Crippen LogP contribution in [-0.4, -0.2) is 34.6 Å². The highest BCUT2D eigenvalue weighted by molar-refractivity contribution is 6.34. The molecule has 0 aliphatic rings. The van der Waals surface area contributed by atoms with E-state index in [1.807, 2.05) is 13.8 Å². The lowest BCUT2D eigenvalue weighted by Gasteiger charge is -2.16. The smallest absolute Gasteiger partial charge is 0.409 e. The maximum Gasteiger partial charge on any atom is 0.409 e. The minimum Gasteiger partial charge on any atom is -0.465 e. The van der Waals surface area contributed by atoms with Crippen LogP contribution in [0.5, 0.6) is 0 Å². The first-order valence-electron chi connectivity index (χ1n) is 10.6. The number of carbonyl (C=O) groups is 3. The van der Waals surface area contributed by atoms with Crippen molar-refractivity contribution < 1.29 is 24.0 Å². The van der Waals surface area contributed by atoms with Gasteiger partial charge in [0.1, 0.15) is 0 Å². The molecule has 2 aromatic carbocycles. The van der Waals surface area contributed by atoms with Gasteiger partial charge in [0.15, 0.2) is 11.5 Å². The normalized spacial score (nSPS) is 10.7. The van der Waals surface area contributed by atoms with Crippen molar-refractivity contribution in [3.63, 3.8) is 0 Å². The van der Waals surface area contributed by atoms with Crippen LogP contribution in [-0.2, 0) is 4.79 Å². The molecule has 0 atom stereocenters. The zero-order chi connectivity index (χ0) is 24.8. The summed E-state index contributed by atoms with van der Waals surface area (Å²) in [6.07, 6.45) is -1.75. The van der Waals surface area contributed by atoms with Crippen LogP contribution >= 0.6 is 11.6 Å². The number of aromatic nitrogens is 1. The number of Topliss-reactive ketones (excluding diaryl/α,β-unsaturated/α-hetero) is 1. The third-order valence-electron chi connectivity index (χ3n) is 4.74. The Labute approximate surface area is 201 Å². The molecule has 0 saturated heterocycles. The maximum absolute atomic E-state index is 12.7. The van der Waals surface area contributed by atoms with Crippen molar-refractivity contribution in [3.8, 4) is 11.3 Å². The zero-order valence-electron chi connectivity index (χ0n) is 18.9. The zero-order valence-corrected chi connectivity index (χ0v) is 19.7. The highest BCUT2D eigenvalue weighted by Crippen LogP contribution is 2.33. The number of hydrogen-bond donors (Lipinski definition) is 4. The van der Waals surface area contributed by atoms with Gasteiger partial charge in [-0.15, -0.1) is 0 Å². The Balaban J connectivity index is 1.75. The highest BCUT2D eigenvalue weighted by Gasteiger charge is 2.17. The molecule has 178 valence electrons. The number of amides is 2. The van der Waals surface area contributed by atoms with Gasteiger partial charge in [-0.1, -0.05) is 48.8 Å². The molecule has 34 heavy (non-hydrogen) atoms. The SMILES string of the molecule is Cc1cc(-c2cccc(C(=O)CC(=O)Nc3cc(Cl)c(NCC(C)C)cc3NC(=O)O)c2)on1. The van der Waals surface area contributed by atoms with Crippen LogP contribution in [0.2, 0.25) is 5.02 Å². The number of nitrogens with one attached hydrogen (secondary N) is 3. The van der Waals surface area contributed by atoms with Crippen LogP contribution in [0.15, 0.2) is 47.0 Å². The molecule has 0 aliphatic carbocycles. The average molecular weight is 485 g/mol. The number of ketones is 1. The summed E-state index contributed by atoms with van der Waals surface area (Å²) in [5.41, 5.74) is 2.50. The van der Waals surface area contributed by atoms with Gasteiger partial charge in [0.2, 0.25) is 5.91 Å². The summed E-state index contributed by atoms with van der Waals surface area (Å²) in [4.78, 5) is 36.6. The predicted octanol–water partition coefficient (Wildman–Crippen LogP) is 5.67. The van der Waals surface area contributed by atoms with E-state index in [1.165, 1.54) is 12.1 Å². The van der Waals surface area contributed by atoms with Gasteiger partial charge in [-0.3, -0.25) is 14.9 Å². The summed E-state index contributed by atoms with van der Waals surface area (Å²) in [6, 6.07) is 11.4. The van der Waals surface area contributed by atoms with Crippen molar-refractivity contribution in [3.05, 3.63) is 58.7 Å². The van der Waals surface area contributed by atoms with E-state index in [2.05, 4.69) is 21.1 Å². The van der Waals surface area contributed by atoms with E-state index in [4.69, 9.17) is 16.1 Å². The van der Waals surface area contributed by atoms with Gasteiger partial charge in [-0.25, -0.2) is 4.79 Å². The molecule has 0 unspecified atom stereocenters. The molecule has 2 amide bonds. The standard InChI is InChI=1S/C24H25ClN4O5/c1-13(2)12-26-18-10-20(28-24(32)33)19(9-17(18)25)27-23(31)11-21(30)15-5-4-6-16(8-15)22-7-14(3)29-34-22/h4-10,13,26,28H,11-12H2,1-3H3,(H,27,31)(H,32,33). The molecule has 0 spiro atoms. The van der Waals surface area contributed by atoms with Crippen molar-refractivity contribution >= 4 is 46.4 Å². The summed E-state index contributed by atoms with van der Waals surface area (Å²) in [5.74, 6) is -0.173. The molecule has 0 fully saturated rings. The van der Waals surface area contributed by atoms with Crippen molar-refractivity contribution in [1.82, 2.24) is 5.16 Å². The third-order valence-corrected chi connectivity index (χ3v) is 5.05. The van der Waals surface area contributed by atoms with E-state index in [0.717, 1.165) is 0 Å². The predicted molar refractivity (Wildman–Crippen MR) is 131 cm³/mol. The lowest BCUT2D eigenvalue weighted by Crippen LogP contribution is -2.19. The van der Waals surface area contributed by atoms with Gasteiger partial charge in [0.05, 0.1) is 34.2 Å². The number of carbonyl (C=O) groups excluding carboxylic acids is 2. The average Bonchev–Trinajstić information content (AvgIpc) is 3.20. The molecular formula is C24H25ClN4O5. The van der Waals surface area contributed by atoms with Crippen molar-refractivity contribution in [2.45, 2.75) is 27.2 Å². The van der Waals surface area contributed by atoms with E-state index < -0.39 is 24.2 Å². The monoisotopic (exact) mass is 484 g/mol. The first kappa shape index (κ1) is 24.8. The van der Waals surface area contributed by atoms with Gasteiger partial charge in [-0.2, -0.15) is 0 Å². The van der Waals surface area contributed by atoms with E-state index >= 15 is 0 Å². The molecule has 0 aliphatic heterocycles. The van der Waals surface area contributed by atoms with E-state index in [1.54, 1.807) is 37.3 Å². The van der Waals surface area contributed by atoms with E-state index in [9.17, 15) is 19.5 Å². The molecule has 10 heteroatoms. The molecule has 1 heterocycles. The maximum atomic E-state index is 12.7. The van der Waals surface area contributed by atoms with Crippen molar-refractivity contribution in [2.75, 3.05) is 22.5 Å². The van der Waals surface area contributed by atoms with Crippen molar-refractivity contribution in [1.29, 1.82) is 0 Å². The fraction of sp³-hybridized carbons (Fsp3) is 0.250. The van der Waals surface area contributed by atoms with Crippen LogP contribution in [0.25, 0.3) is 11.3 Å². The fourth-order valence-electron chi connectivity index (χ4n) is 3.13. The Morgan fingerprint density at radius 3 is 2.44 bits per heavy atom. The second kappa shape index (κ2) is 10.8. The molecule has 3 aromatic rings. The first-order valence-corrected chi connectivity index (χ1v) is 10.9. The number of hydrogen-bond acceptors (Lipinski definition) is 6. The summed E-state index contributed by atoms with van der Waals surface area (Å²) in [6.45, 7) is 6.45. The van der Waals surface area contributed by atoms with Gasteiger partial charge >= 0.3 is 6.09 Å². The van der Waals surface area contributed by atoms with Crippen LogP contribution in [0.3, 0.4) is 0 Å². The van der Waals surface area contributed by atoms with E-state index in [0.29, 0.717) is 45.8 Å². The first-order chi connectivity index (χ1) is 16.1. The molecule has 1 aromatic heterocycles. The van der Waals surface area contributed by atoms with Crippen molar-refractivity contribution in [2.24, 2.45) is 5.92 Å². The molecule has 0 radical (unpaired) electrons. The minimum absolute atomic E-state index is 0.131. The highest BCUT2D eigenvalue weighted by atomic mass is 35.5. The molecule has 3 rings (SSSR count). The third kappa shape index (κ3) is 6.58. The molecule has 9 nitrogen and oxygen atoms in total. The fourth-order valence-corrected chi connectivity index (χ4v) is 3.36. The number of aryl methyl sites for hydroxylation is 1. The van der Waals surface area contributed by atoms with Crippen LogP contribution in [0, 0.1) is 12.8 Å². The van der Waals surface area contributed by atoms with Crippen LogP contribution < -0.4 is 16.0 Å². The Bertz CT molecular complexity index is 1220. The second-order valence-electron chi connectivity index (χ2n) is 8.14. The second-order valence-corrected chi connectivity index (χ2v) is 8.55.